The Morgan fingerprint density at radius 3 is 2.46 bits per heavy atom. The summed E-state index contributed by atoms with van der Waals surface area (Å²) >= 11 is 6.08. The number of hydrogen-bond acceptors (Lipinski definition) is 5. The molecule has 124 valence electrons. The van der Waals surface area contributed by atoms with Gasteiger partial charge in [-0.15, -0.1) is 0 Å². The van der Waals surface area contributed by atoms with Gasteiger partial charge in [-0.1, -0.05) is 11.6 Å². The minimum Gasteiger partial charge on any atom is -0.341 e. The number of carbonyl (C=O) groups is 2. The van der Waals surface area contributed by atoms with Gasteiger partial charge in [0.1, 0.15) is 0 Å². The summed E-state index contributed by atoms with van der Waals surface area (Å²) in [5, 5.41) is 2.94. The van der Waals surface area contributed by atoms with Crippen LogP contribution in [0.3, 0.4) is 0 Å². The maximum Gasteiger partial charge on any atom is 0.276 e. The lowest BCUT2D eigenvalue weighted by molar-refractivity contribution is 0.101. The van der Waals surface area contributed by atoms with Crippen LogP contribution in [-0.4, -0.2) is 34.7 Å². The van der Waals surface area contributed by atoms with Gasteiger partial charge in [-0.05, 0) is 44.0 Å². The molecule has 1 saturated heterocycles. The molecule has 1 aliphatic rings. The highest BCUT2D eigenvalue weighted by molar-refractivity contribution is 6.34. The lowest BCUT2D eigenvalue weighted by Gasteiger charge is -2.16. The molecule has 0 saturated carbocycles. The summed E-state index contributed by atoms with van der Waals surface area (Å²) in [5.74, 6) is 0.0920. The number of nitrogens with zero attached hydrogens (tertiary/aromatic N) is 3. The monoisotopic (exact) mass is 344 g/mol. The molecule has 0 unspecified atom stereocenters. The Labute approximate surface area is 144 Å². The summed E-state index contributed by atoms with van der Waals surface area (Å²) in [6.45, 7) is 3.26. The zero-order valence-corrected chi connectivity index (χ0v) is 14.0. The molecule has 1 N–H and O–H groups in total. The summed E-state index contributed by atoms with van der Waals surface area (Å²) < 4.78 is 0. The van der Waals surface area contributed by atoms with Crippen LogP contribution in [0.5, 0.6) is 0 Å². The highest BCUT2D eigenvalue weighted by Crippen LogP contribution is 2.21. The fourth-order valence-electron chi connectivity index (χ4n) is 2.57. The predicted octanol–water partition coefficient (Wildman–Crippen LogP) is 3.19. The Morgan fingerprint density at radius 2 is 1.83 bits per heavy atom. The average molecular weight is 345 g/mol. The molecule has 0 atom stereocenters. The number of hydrogen-bond donors (Lipinski definition) is 1. The Hall–Kier alpha value is -2.47. The molecule has 3 rings (SSSR count). The van der Waals surface area contributed by atoms with Crippen LogP contribution in [-0.2, 0) is 0 Å². The fraction of sp³-hybridized carbons (Fsp3) is 0.294. The summed E-state index contributed by atoms with van der Waals surface area (Å²) in [5.41, 5.74) is 1.30. The molecular weight excluding hydrogens is 328 g/mol. The second-order valence-corrected chi connectivity index (χ2v) is 6.06. The topological polar surface area (TPSA) is 75.2 Å². The quantitative estimate of drug-likeness (QED) is 0.862. The molecule has 6 nitrogen and oxygen atoms in total. The Morgan fingerprint density at radius 1 is 1.17 bits per heavy atom. The van der Waals surface area contributed by atoms with Gasteiger partial charge in [0.25, 0.3) is 5.91 Å². The van der Waals surface area contributed by atoms with E-state index in [1.54, 1.807) is 24.3 Å². The van der Waals surface area contributed by atoms with Crippen molar-refractivity contribution in [2.75, 3.05) is 23.3 Å². The number of halogens is 1. The number of benzene rings is 1. The van der Waals surface area contributed by atoms with Gasteiger partial charge < -0.3 is 10.2 Å². The first-order valence-corrected chi connectivity index (χ1v) is 8.12. The lowest BCUT2D eigenvalue weighted by Crippen LogP contribution is -2.23. The van der Waals surface area contributed by atoms with Gasteiger partial charge in [-0.2, -0.15) is 0 Å². The first kappa shape index (κ1) is 16.4. The van der Waals surface area contributed by atoms with Crippen LogP contribution in [0.25, 0.3) is 0 Å². The summed E-state index contributed by atoms with van der Waals surface area (Å²) in [6, 6.07) is 6.67. The first-order valence-electron chi connectivity index (χ1n) is 7.74. The van der Waals surface area contributed by atoms with Gasteiger partial charge >= 0.3 is 0 Å². The molecule has 1 amide bonds. The summed E-state index contributed by atoms with van der Waals surface area (Å²) in [6.07, 6.45) is 3.64. The highest BCUT2D eigenvalue weighted by Gasteiger charge is 2.19. The van der Waals surface area contributed by atoms with Crippen LogP contribution in [0.4, 0.5) is 11.6 Å². The van der Waals surface area contributed by atoms with Gasteiger partial charge in [0, 0.05) is 24.3 Å². The van der Waals surface area contributed by atoms with Crippen LogP contribution in [0.2, 0.25) is 5.02 Å². The van der Waals surface area contributed by atoms with E-state index in [1.165, 1.54) is 13.1 Å². The number of anilines is 2. The largest absolute Gasteiger partial charge is 0.341 e. The van der Waals surface area contributed by atoms with Crippen molar-refractivity contribution >= 4 is 34.9 Å². The van der Waals surface area contributed by atoms with E-state index in [4.69, 9.17) is 11.6 Å². The standard InChI is InChI=1S/C17H17ClN4O2/c1-11(23)12-4-6-13(7-5-12)20-16(24)15-14(18)10-19-17(21-15)22-8-2-3-9-22/h4-7,10H,2-3,8-9H2,1H3,(H,20,24). The van der Waals surface area contributed by atoms with Crippen molar-refractivity contribution in [2.24, 2.45) is 0 Å². The van der Waals surface area contributed by atoms with Crippen LogP contribution in [0.15, 0.2) is 30.5 Å². The molecule has 2 heterocycles. The SMILES string of the molecule is CC(=O)c1ccc(NC(=O)c2nc(N3CCCC3)ncc2Cl)cc1. The predicted molar refractivity (Wildman–Crippen MR) is 92.9 cm³/mol. The molecule has 0 bridgehead atoms. The highest BCUT2D eigenvalue weighted by atomic mass is 35.5. The Bertz CT molecular complexity index is 771. The molecule has 7 heteroatoms. The van der Waals surface area contributed by atoms with Gasteiger partial charge in [0.2, 0.25) is 5.95 Å². The molecular formula is C17H17ClN4O2. The number of carbonyl (C=O) groups excluding carboxylic acids is 2. The molecule has 0 aliphatic carbocycles. The van der Waals surface area contributed by atoms with E-state index in [9.17, 15) is 9.59 Å². The molecule has 1 aromatic heterocycles. The van der Waals surface area contributed by atoms with Gasteiger partial charge in [0.05, 0.1) is 11.2 Å². The normalized spacial score (nSPS) is 13.8. The van der Waals surface area contributed by atoms with Crippen molar-refractivity contribution < 1.29 is 9.59 Å². The van der Waals surface area contributed by atoms with Crippen molar-refractivity contribution in [1.82, 2.24) is 9.97 Å². The fourth-order valence-corrected chi connectivity index (χ4v) is 2.74. The maximum absolute atomic E-state index is 12.4. The van der Waals surface area contributed by atoms with Crippen LogP contribution in [0.1, 0.15) is 40.6 Å². The number of rotatable bonds is 4. The van der Waals surface area contributed by atoms with Crippen LogP contribution < -0.4 is 10.2 Å². The summed E-state index contributed by atoms with van der Waals surface area (Å²) in [4.78, 5) is 34.3. The smallest absolute Gasteiger partial charge is 0.276 e. The van der Waals surface area contributed by atoms with Crippen molar-refractivity contribution in [1.29, 1.82) is 0 Å². The van der Waals surface area contributed by atoms with Crippen molar-refractivity contribution in [3.63, 3.8) is 0 Å². The molecule has 0 radical (unpaired) electrons. The van der Waals surface area contributed by atoms with E-state index < -0.39 is 5.91 Å². The van der Waals surface area contributed by atoms with E-state index in [-0.39, 0.29) is 16.5 Å². The number of amides is 1. The second kappa shape index (κ2) is 6.97. The lowest BCUT2D eigenvalue weighted by atomic mass is 10.1. The number of nitrogens with one attached hydrogen (secondary N) is 1. The summed E-state index contributed by atoms with van der Waals surface area (Å²) in [7, 11) is 0. The van der Waals surface area contributed by atoms with Crippen molar-refractivity contribution in [3.8, 4) is 0 Å². The number of aromatic nitrogens is 2. The van der Waals surface area contributed by atoms with Crippen molar-refractivity contribution in [2.45, 2.75) is 19.8 Å². The second-order valence-electron chi connectivity index (χ2n) is 5.65. The van der Waals surface area contributed by atoms with Crippen molar-refractivity contribution in [3.05, 3.63) is 46.7 Å². The molecule has 1 aliphatic heterocycles. The first-order chi connectivity index (χ1) is 11.5. The average Bonchev–Trinajstić information content (AvgIpc) is 3.10. The van der Waals surface area contributed by atoms with Gasteiger partial charge in [0.15, 0.2) is 11.5 Å². The Balaban J connectivity index is 1.78. The van der Waals surface area contributed by atoms with E-state index in [2.05, 4.69) is 15.3 Å². The number of Topliss-reactive ketones (excluding diaryl/α,β-unsaturated/α-hetero) is 1. The molecule has 0 spiro atoms. The zero-order valence-electron chi connectivity index (χ0n) is 13.3. The minimum absolute atomic E-state index is 0.0259. The van der Waals surface area contributed by atoms with Crippen LogP contribution >= 0.6 is 11.6 Å². The third kappa shape index (κ3) is 3.54. The minimum atomic E-state index is -0.404. The molecule has 2 aromatic rings. The van der Waals surface area contributed by atoms with Gasteiger partial charge in [-0.25, -0.2) is 9.97 Å². The van der Waals surface area contributed by atoms with E-state index in [0.717, 1.165) is 25.9 Å². The third-order valence-electron chi connectivity index (χ3n) is 3.88. The van der Waals surface area contributed by atoms with E-state index in [0.29, 0.717) is 17.2 Å². The maximum atomic E-state index is 12.4. The van der Waals surface area contributed by atoms with Gasteiger partial charge in [-0.3, -0.25) is 9.59 Å². The molecule has 24 heavy (non-hydrogen) atoms. The van der Waals surface area contributed by atoms with Crippen LogP contribution in [0, 0.1) is 0 Å². The Kier molecular flexibility index (Phi) is 4.76. The number of ketones is 1. The molecule has 1 fully saturated rings. The molecule has 1 aromatic carbocycles. The third-order valence-corrected chi connectivity index (χ3v) is 4.16. The zero-order chi connectivity index (χ0) is 17.1. The van der Waals surface area contributed by atoms with E-state index >= 15 is 0 Å². The van der Waals surface area contributed by atoms with E-state index in [1.807, 2.05) is 4.90 Å².